The molecule has 0 bridgehead atoms. The molecule has 3 aromatic rings. The van der Waals surface area contributed by atoms with E-state index in [1.807, 2.05) is 49.5 Å². The summed E-state index contributed by atoms with van der Waals surface area (Å²) in [6, 6.07) is 11.0. The van der Waals surface area contributed by atoms with Gasteiger partial charge in [-0.1, -0.05) is 23.4 Å². The summed E-state index contributed by atoms with van der Waals surface area (Å²) >= 11 is 0. The van der Waals surface area contributed by atoms with Crippen molar-refractivity contribution in [1.29, 1.82) is 0 Å². The van der Waals surface area contributed by atoms with Crippen molar-refractivity contribution in [1.82, 2.24) is 30.6 Å². The van der Waals surface area contributed by atoms with E-state index in [1.54, 1.807) is 10.9 Å². The molecule has 27 heavy (non-hydrogen) atoms. The Morgan fingerprint density at radius 3 is 2.74 bits per heavy atom. The lowest BCUT2D eigenvalue weighted by molar-refractivity contribution is -0.132. The molecule has 1 unspecified atom stereocenters. The molecule has 8 nitrogen and oxygen atoms in total. The number of nitrogens with zero attached hydrogens (tertiary/aromatic N) is 4. The van der Waals surface area contributed by atoms with Crippen LogP contribution in [0.2, 0.25) is 0 Å². The van der Waals surface area contributed by atoms with Crippen molar-refractivity contribution in [2.75, 3.05) is 13.1 Å². The number of carbonyl (C=O) groups excluding carboxylic acids is 1. The van der Waals surface area contributed by atoms with Crippen LogP contribution in [-0.4, -0.2) is 38.9 Å². The van der Waals surface area contributed by atoms with Crippen LogP contribution in [0.25, 0.3) is 11.5 Å². The Labute approximate surface area is 157 Å². The lowest BCUT2D eigenvalue weighted by Crippen LogP contribution is -2.55. The molecule has 1 aromatic carbocycles. The molecule has 4 rings (SSSR count). The molecule has 3 heterocycles. The summed E-state index contributed by atoms with van der Waals surface area (Å²) in [7, 11) is 0. The summed E-state index contributed by atoms with van der Waals surface area (Å²) in [6.07, 6.45) is 4.90. The van der Waals surface area contributed by atoms with Gasteiger partial charge >= 0.3 is 0 Å². The van der Waals surface area contributed by atoms with Gasteiger partial charge in [-0.3, -0.25) is 9.48 Å². The fraction of sp³-hybridized carbons (Fsp3) is 0.368. The van der Waals surface area contributed by atoms with Crippen LogP contribution in [0.1, 0.15) is 31.6 Å². The molecule has 8 heteroatoms. The highest BCUT2D eigenvalue weighted by Gasteiger charge is 2.42. The van der Waals surface area contributed by atoms with Crippen molar-refractivity contribution in [2.24, 2.45) is 0 Å². The van der Waals surface area contributed by atoms with E-state index < -0.39 is 5.54 Å². The maximum atomic E-state index is 13.2. The molecule has 1 amide bonds. The number of rotatable bonds is 5. The van der Waals surface area contributed by atoms with E-state index in [9.17, 15) is 4.79 Å². The molecule has 140 valence electrons. The van der Waals surface area contributed by atoms with Gasteiger partial charge in [0.25, 0.3) is 5.89 Å². The number of piperidine rings is 1. The average molecular weight is 366 g/mol. The van der Waals surface area contributed by atoms with E-state index in [2.05, 4.69) is 25.9 Å². The molecule has 1 aliphatic heterocycles. The molecular formula is C19H22N6O2. The number of aromatic nitrogens is 4. The lowest BCUT2D eigenvalue weighted by Gasteiger charge is -2.37. The third-order valence-corrected chi connectivity index (χ3v) is 4.99. The zero-order chi connectivity index (χ0) is 18.7. The second kappa shape index (κ2) is 7.32. The van der Waals surface area contributed by atoms with Crippen LogP contribution in [0.4, 0.5) is 0 Å². The van der Waals surface area contributed by atoms with Gasteiger partial charge in [-0.05, 0) is 51.1 Å². The first-order chi connectivity index (χ1) is 13.2. The third kappa shape index (κ3) is 3.35. The zero-order valence-electron chi connectivity index (χ0n) is 15.1. The molecule has 1 fully saturated rings. The number of nitrogens with one attached hydrogen (secondary N) is 2. The third-order valence-electron chi connectivity index (χ3n) is 4.99. The normalized spacial score (nSPS) is 17.4. The molecule has 2 N–H and O–H groups in total. The molecule has 2 aromatic heterocycles. The first-order valence-corrected chi connectivity index (χ1v) is 9.10. The van der Waals surface area contributed by atoms with Crippen LogP contribution in [0, 0.1) is 0 Å². The predicted octanol–water partition coefficient (Wildman–Crippen LogP) is 1.89. The standard InChI is InChI=1S/C19H22N6O2/c1-14(16-23-17(27-24-16)15-6-3-2-4-7-15)22-18(26)19(8-11-20-12-9-19)25-13-5-10-21-25/h2-7,10,13-14,20H,8-9,11-12H2,1H3,(H,22,26). The van der Waals surface area contributed by atoms with Gasteiger partial charge in [-0.15, -0.1) is 0 Å². The second-order valence-electron chi connectivity index (χ2n) is 6.75. The Hall–Kier alpha value is -3.00. The summed E-state index contributed by atoms with van der Waals surface area (Å²) in [6.45, 7) is 3.39. The minimum atomic E-state index is -0.699. The highest BCUT2D eigenvalue weighted by Crippen LogP contribution is 2.28. The quantitative estimate of drug-likeness (QED) is 0.716. The fourth-order valence-corrected chi connectivity index (χ4v) is 3.43. The summed E-state index contributed by atoms with van der Waals surface area (Å²) in [5.74, 6) is 0.813. The van der Waals surface area contributed by atoms with Crippen LogP contribution in [0.15, 0.2) is 53.3 Å². The summed E-state index contributed by atoms with van der Waals surface area (Å²) < 4.78 is 7.12. The van der Waals surface area contributed by atoms with Gasteiger partial charge in [0.1, 0.15) is 5.54 Å². The number of carbonyl (C=O) groups is 1. The molecule has 0 aliphatic carbocycles. The van der Waals surface area contributed by atoms with Crippen molar-refractivity contribution in [2.45, 2.75) is 31.3 Å². The summed E-state index contributed by atoms with van der Waals surface area (Å²) in [4.78, 5) is 17.6. The number of hydrogen-bond acceptors (Lipinski definition) is 6. The van der Waals surface area contributed by atoms with E-state index in [1.165, 1.54) is 0 Å². The first kappa shape index (κ1) is 17.4. The molecule has 0 radical (unpaired) electrons. The number of amides is 1. The Bertz CT molecular complexity index is 884. The van der Waals surface area contributed by atoms with Crippen LogP contribution in [0.3, 0.4) is 0 Å². The van der Waals surface area contributed by atoms with E-state index in [4.69, 9.17) is 4.52 Å². The van der Waals surface area contributed by atoms with E-state index >= 15 is 0 Å². The SMILES string of the molecule is CC(NC(=O)C1(n2cccn2)CCNCC1)c1noc(-c2ccccc2)n1. The van der Waals surface area contributed by atoms with Gasteiger partial charge in [-0.2, -0.15) is 10.1 Å². The first-order valence-electron chi connectivity index (χ1n) is 9.10. The van der Waals surface area contributed by atoms with E-state index in [0.717, 1.165) is 18.7 Å². The van der Waals surface area contributed by atoms with Crippen molar-refractivity contribution >= 4 is 5.91 Å². The van der Waals surface area contributed by atoms with Gasteiger partial charge in [0, 0.05) is 18.0 Å². The van der Waals surface area contributed by atoms with E-state index in [-0.39, 0.29) is 11.9 Å². The molecule has 0 saturated carbocycles. The highest BCUT2D eigenvalue weighted by atomic mass is 16.5. The fourth-order valence-electron chi connectivity index (χ4n) is 3.43. The molecule has 1 saturated heterocycles. The van der Waals surface area contributed by atoms with Gasteiger partial charge < -0.3 is 15.2 Å². The Morgan fingerprint density at radius 1 is 1.26 bits per heavy atom. The van der Waals surface area contributed by atoms with Crippen LogP contribution < -0.4 is 10.6 Å². The second-order valence-corrected chi connectivity index (χ2v) is 6.75. The Balaban J connectivity index is 1.52. The minimum absolute atomic E-state index is 0.0775. The molecule has 1 aliphatic rings. The van der Waals surface area contributed by atoms with Gasteiger partial charge in [0.15, 0.2) is 5.82 Å². The van der Waals surface area contributed by atoms with Crippen molar-refractivity contribution in [3.05, 3.63) is 54.6 Å². The van der Waals surface area contributed by atoms with Gasteiger partial charge in [0.2, 0.25) is 5.91 Å². The smallest absolute Gasteiger partial charge is 0.257 e. The average Bonchev–Trinajstić information content (AvgIpc) is 3.41. The maximum absolute atomic E-state index is 13.2. The van der Waals surface area contributed by atoms with Crippen molar-refractivity contribution < 1.29 is 9.32 Å². The van der Waals surface area contributed by atoms with Gasteiger partial charge in [0.05, 0.1) is 6.04 Å². The van der Waals surface area contributed by atoms with Crippen LogP contribution in [0.5, 0.6) is 0 Å². The van der Waals surface area contributed by atoms with Crippen molar-refractivity contribution in [3.63, 3.8) is 0 Å². The summed E-state index contributed by atoms with van der Waals surface area (Å²) in [5.41, 5.74) is 0.149. The topological polar surface area (TPSA) is 97.9 Å². The van der Waals surface area contributed by atoms with E-state index in [0.29, 0.717) is 24.6 Å². The maximum Gasteiger partial charge on any atom is 0.257 e. The van der Waals surface area contributed by atoms with Crippen LogP contribution >= 0.6 is 0 Å². The molecule has 0 spiro atoms. The minimum Gasteiger partial charge on any atom is -0.344 e. The van der Waals surface area contributed by atoms with Gasteiger partial charge in [-0.25, -0.2) is 0 Å². The zero-order valence-corrected chi connectivity index (χ0v) is 15.1. The Kier molecular flexibility index (Phi) is 4.72. The monoisotopic (exact) mass is 366 g/mol. The summed E-state index contributed by atoms with van der Waals surface area (Å²) in [5, 5.41) is 14.7. The molecular weight excluding hydrogens is 344 g/mol. The molecule has 1 atom stereocenters. The number of hydrogen-bond donors (Lipinski definition) is 2. The van der Waals surface area contributed by atoms with Crippen LogP contribution in [-0.2, 0) is 10.3 Å². The Morgan fingerprint density at radius 2 is 2.04 bits per heavy atom. The van der Waals surface area contributed by atoms with Crippen molar-refractivity contribution in [3.8, 4) is 11.5 Å². The highest BCUT2D eigenvalue weighted by molar-refractivity contribution is 5.84. The predicted molar refractivity (Wildman–Crippen MR) is 98.6 cm³/mol. The largest absolute Gasteiger partial charge is 0.344 e. The number of benzene rings is 1. The lowest BCUT2D eigenvalue weighted by atomic mass is 9.87.